The Labute approximate surface area is 192 Å². The van der Waals surface area contributed by atoms with Crippen molar-refractivity contribution in [3.63, 3.8) is 0 Å². The Morgan fingerprint density at radius 2 is 1.83 bits per heavy atom. The van der Waals surface area contributed by atoms with Gasteiger partial charge >= 0.3 is 0 Å². The van der Waals surface area contributed by atoms with E-state index < -0.39 is 0 Å². The molecule has 2 heterocycles. The number of hydrogen-bond donors (Lipinski definition) is 0. The van der Waals surface area contributed by atoms with Crippen LogP contribution in [0.5, 0.6) is 0 Å². The minimum Gasteiger partial charge on any atom is -0.661 e. The maximum absolute atomic E-state index is 10.4. The van der Waals surface area contributed by atoms with Crippen LogP contribution in [0.4, 0.5) is 0 Å². The second-order valence-corrected chi connectivity index (χ2v) is 7.63. The number of rotatable bonds is 3. The number of ketones is 1. The van der Waals surface area contributed by atoms with E-state index >= 15 is 0 Å². The summed E-state index contributed by atoms with van der Waals surface area (Å²) in [5.74, 6) is 0.564. The molecule has 4 heteroatoms. The maximum atomic E-state index is 10.4. The molecule has 0 aliphatic carbocycles. The molecule has 4 aromatic rings. The number of aryl methyl sites for hydroxylation is 2. The second kappa shape index (κ2) is 10.5. The number of nitrogens with zero attached hydrogens (tertiary/aromatic N) is 2. The number of Topliss-reactive ketones (excluding diaryl/α,β-unsaturated/α-hetero) is 1. The molecular weight excluding hydrogens is 549 g/mol. The molecule has 4 rings (SSSR count). The van der Waals surface area contributed by atoms with Crippen LogP contribution in [0.25, 0.3) is 22.0 Å². The second-order valence-electron chi connectivity index (χ2n) is 7.63. The number of pyridine rings is 1. The van der Waals surface area contributed by atoms with E-state index in [0.29, 0.717) is 11.6 Å². The zero-order valence-electron chi connectivity index (χ0n) is 18.0. The first-order valence-electron chi connectivity index (χ1n) is 9.83. The summed E-state index contributed by atoms with van der Waals surface area (Å²) in [7, 11) is 0. The van der Waals surface area contributed by atoms with Crippen molar-refractivity contribution in [3.8, 4) is 11.3 Å². The number of carbonyl (C=O) groups excluding carboxylic acids is 1. The molecule has 0 atom stereocenters. The van der Waals surface area contributed by atoms with Gasteiger partial charge in [-0.1, -0.05) is 63.7 Å². The Bertz CT molecular complexity index is 1110. The van der Waals surface area contributed by atoms with E-state index in [2.05, 4.69) is 80.1 Å². The molecule has 0 spiro atoms. The van der Waals surface area contributed by atoms with E-state index in [1.165, 1.54) is 28.8 Å². The van der Waals surface area contributed by atoms with Crippen LogP contribution in [0.15, 0.2) is 60.9 Å². The van der Waals surface area contributed by atoms with Gasteiger partial charge in [-0.05, 0) is 40.9 Å². The normalized spacial score (nSPS) is 10.3. The summed E-state index contributed by atoms with van der Waals surface area (Å²) in [5, 5.41) is 2.45. The van der Waals surface area contributed by atoms with Gasteiger partial charge in [0, 0.05) is 26.3 Å². The van der Waals surface area contributed by atoms with E-state index in [4.69, 9.17) is 0 Å². The monoisotopic (exact) mass is 575 g/mol. The number of benzene rings is 2. The molecule has 0 bridgehead atoms. The molecule has 0 saturated heterocycles. The van der Waals surface area contributed by atoms with E-state index in [1.807, 2.05) is 6.20 Å². The fraction of sp³-hybridized carbons (Fsp3) is 0.231. The molecule has 0 aliphatic heterocycles. The van der Waals surface area contributed by atoms with Gasteiger partial charge in [-0.3, -0.25) is 4.79 Å². The number of hydrogen-bond acceptors (Lipinski definition) is 2. The van der Waals surface area contributed by atoms with Gasteiger partial charge in [0.25, 0.3) is 0 Å². The summed E-state index contributed by atoms with van der Waals surface area (Å²) in [6.07, 6.45) is 3.50. The molecule has 30 heavy (non-hydrogen) atoms. The third kappa shape index (κ3) is 5.75. The van der Waals surface area contributed by atoms with Crippen molar-refractivity contribution in [2.45, 2.75) is 40.5 Å². The predicted molar refractivity (Wildman–Crippen MR) is 119 cm³/mol. The summed E-state index contributed by atoms with van der Waals surface area (Å²) in [4.78, 5) is 18.8. The van der Waals surface area contributed by atoms with Gasteiger partial charge in [-0.15, -0.1) is 34.9 Å². The SMILES string of the molecule is CC(=O)c1ccc[n-]1.Cc1[c-]c(-c2nccc3cc(C(C)C)ccc23)cc(C)c1.[Ir]. The third-order valence-corrected chi connectivity index (χ3v) is 4.77. The van der Waals surface area contributed by atoms with Crippen LogP contribution in [0.3, 0.4) is 0 Å². The number of aromatic nitrogens is 2. The minimum absolute atomic E-state index is 0. The van der Waals surface area contributed by atoms with Gasteiger partial charge in [-0.25, -0.2) is 0 Å². The van der Waals surface area contributed by atoms with Gasteiger partial charge in [0.15, 0.2) is 0 Å². The molecule has 0 aliphatic rings. The molecular formula is C26H26IrN2O-2. The van der Waals surface area contributed by atoms with E-state index in [1.54, 1.807) is 18.3 Å². The van der Waals surface area contributed by atoms with Gasteiger partial charge in [0.1, 0.15) is 5.78 Å². The quantitative estimate of drug-likeness (QED) is 0.214. The van der Waals surface area contributed by atoms with Crippen LogP contribution in [0, 0.1) is 19.9 Å². The average molecular weight is 575 g/mol. The smallest absolute Gasteiger partial charge is 0.138 e. The first-order chi connectivity index (χ1) is 13.8. The van der Waals surface area contributed by atoms with Crippen LogP contribution < -0.4 is 4.98 Å². The van der Waals surface area contributed by atoms with Crippen molar-refractivity contribution in [2.24, 2.45) is 0 Å². The van der Waals surface area contributed by atoms with Crippen molar-refractivity contribution in [1.29, 1.82) is 0 Å². The zero-order valence-corrected chi connectivity index (χ0v) is 20.4. The Balaban J connectivity index is 0.000000302. The zero-order chi connectivity index (χ0) is 21.0. The van der Waals surface area contributed by atoms with Crippen molar-refractivity contribution in [1.82, 2.24) is 9.97 Å². The van der Waals surface area contributed by atoms with E-state index in [0.717, 1.165) is 16.8 Å². The van der Waals surface area contributed by atoms with Gasteiger partial charge in [0.05, 0.1) is 0 Å². The van der Waals surface area contributed by atoms with Gasteiger partial charge in [0.2, 0.25) is 0 Å². The molecule has 0 N–H and O–H groups in total. The van der Waals surface area contributed by atoms with Crippen molar-refractivity contribution in [3.05, 3.63) is 89.4 Å². The summed E-state index contributed by atoms with van der Waals surface area (Å²) in [6.45, 7) is 10.1. The fourth-order valence-corrected chi connectivity index (χ4v) is 3.30. The minimum atomic E-state index is 0. The maximum Gasteiger partial charge on any atom is 0.138 e. The summed E-state index contributed by atoms with van der Waals surface area (Å²) in [6, 6.07) is 19.9. The van der Waals surface area contributed by atoms with E-state index in [-0.39, 0.29) is 25.9 Å². The summed E-state index contributed by atoms with van der Waals surface area (Å²) < 4.78 is 0. The van der Waals surface area contributed by atoms with Crippen LogP contribution in [0.2, 0.25) is 0 Å². The van der Waals surface area contributed by atoms with Gasteiger partial charge < -0.3 is 9.97 Å². The predicted octanol–water partition coefficient (Wildman–Crippen LogP) is 6.29. The molecule has 0 fully saturated rings. The number of carbonyl (C=O) groups is 1. The Morgan fingerprint density at radius 3 is 2.40 bits per heavy atom. The largest absolute Gasteiger partial charge is 0.661 e. The molecule has 157 valence electrons. The van der Waals surface area contributed by atoms with Crippen molar-refractivity contribution < 1.29 is 24.9 Å². The topological polar surface area (TPSA) is 44.1 Å². The molecule has 3 nitrogen and oxygen atoms in total. The van der Waals surface area contributed by atoms with Crippen LogP contribution in [-0.2, 0) is 20.1 Å². The number of fused-ring (bicyclic) bond motifs is 1. The first kappa shape index (κ1) is 23.7. The molecule has 0 amide bonds. The van der Waals surface area contributed by atoms with Crippen LogP contribution in [-0.4, -0.2) is 10.8 Å². The summed E-state index contributed by atoms with van der Waals surface area (Å²) >= 11 is 0. The Hall–Kier alpha value is -2.55. The molecule has 2 aromatic carbocycles. The van der Waals surface area contributed by atoms with Crippen LogP contribution in [0.1, 0.15) is 53.9 Å². The summed E-state index contributed by atoms with van der Waals surface area (Å²) in [5.41, 5.74) is 6.42. The third-order valence-electron chi connectivity index (χ3n) is 4.77. The molecule has 0 unspecified atom stereocenters. The molecule has 2 aromatic heterocycles. The van der Waals surface area contributed by atoms with Crippen molar-refractivity contribution >= 4 is 16.6 Å². The van der Waals surface area contributed by atoms with Gasteiger partial charge in [-0.2, -0.15) is 6.20 Å². The first-order valence-corrected chi connectivity index (χ1v) is 9.83. The van der Waals surface area contributed by atoms with Crippen molar-refractivity contribution in [2.75, 3.05) is 0 Å². The molecule has 1 radical (unpaired) electrons. The average Bonchev–Trinajstić information content (AvgIpc) is 3.22. The van der Waals surface area contributed by atoms with Crippen LogP contribution >= 0.6 is 0 Å². The van der Waals surface area contributed by atoms with E-state index in [9.17, 15) is 4.79 Å². The Kier molecular flexibility index (Phi) is 8.28. The molecule has 0 saturated carbocycles. The standard InChI is InChI=1S/C20H20N.C6H7NO.Ir/c1-13(2)16-5-6-19-17(12-16)7-8-21-20(19)18-10-14(3)9-15(4)11-18;1-5(8)6-3-2-4-7-6;/h5-10,12-13H,1-4H3;2-4H,1H3,(H,7,8);/q-1;;/p-1. The fourth-order valence-electron chi connectivity index (χ4n) is 3.30. The Morgan fingerprint density at radius 1 is 1.07 bits per heavy atom.